The van der Waals surface area contributed by atoms with Gasteiger partial charge in [0.25, 0.3) is 5.91 Å². The van der Waals surface area contributed by atoms with E-state index >= 15 is 0 Å². The lowest BCUT2D eigenvalue weighted by atomic mass is 10.1. The summed E-state index contributed by atoms with van der Waals surface area (Å²) in [6, 6.07) is 13.2. The highest BCUT2D eigenvalue weighted by molar-refractivity contribution is 5.91. The molecule has 4 nitrogen and oxygen atoms in total. The van der Waals surface area contributed by atoms with Gasteiger partial charge in [-0.15, -0.1) is 0 Å². The van der Waals surface area contributed by atoms with E-state index in [2.05, 4.69) is 4.98 Å². The molecule has 0 spiro atoms. The van der Waals surface area contributed by atoms with Crippen LogP contribution < -0.4 is 10.6 Å². The van der Waals surface area contributed by atoms with Gasteiger partial charge >= 0.3 is 0 Å². The van der Waals surface area contributed by atoms with Crippen molar-refractivity contribution in [3.05, 3.63) is 48.2 Å². The number of carbonyl (C=O) groups is 1. The molecule has 1 heterocycles. The summed E-state index contributed by atoms with van der Waals surface area (Å²) >= 11 is 0. The van der Waals surface area contributed by atoms with E-state index in [4.69, 9.17) is 5.73 Å². The largest absolute Gasteiger partial charge is 0.378 e. The predicted octanol–water partition coefficient (Wildman–Crippen LogP) is 1.91. The lowest BCUT2D eigenvalue weighted by Gasteiger charge is -2.12. The molecule has 0 aliphatic rings. The third-order valence-electron chi connectivity index (χ3n) is 2.68. The summed E-state index contributed by atoms with van der Waals surface area (Å²) in [7, 11) is 3.97. The number of carbonyl (C=O) groups excluding carboxylic acids is 1. The minimum atomic E-state index is -0.512. The van der Waals surface area contributed by atoms with Gasteiger partial charge in [0, 0.05) is 25.3 Å². The molecule has 0 bridgehead atoms. The molecule has 0 saturated heterocycles. The fourth-order valence-electron chi connectivity index (χ4n) is 1.66. The third kappa shape index (κ3) is 2.48. The fraction of sp³-hybridized carbons (Fsp3) is 0.143. The van der Waals surface area contributed by atoms with Crippen molar-refractivity contribution in [1.82, 2.24) is 4.98 Å². The van der Waals surface area contributed by atoms with E-state index in [9.17, 15) is 4.79 Å². The number of aromatic nitrogens is 1. The van der Waals surface area contributed by atoms with Gasteiger partial charge in [-0.25, -0.2) is 4.98 Å². The summed E-state index contributed by atoms with van der Waals surface area (Å²) in [5.41, 5.74) is 8.32. The molecular formula is C14H15N3O. The van der Waals surface area contributed by atoms with Crippen molar-refractivity contribution in [2.24, 2.45) is 5.73 Å². The number of anilines is 1. The number of nitrogens with two attached hydrogens (primary N) is 1. The van der Waals surface area contributed by atoms with Crippen molar-refractivity contribution in [3.63, 3.8) is 0 Å². The second kappa shape index (κ2) is 4.87. The van der Waals surface area contributed by atoms with Gasteiger partial charge in [-0.05, 0) is 24.3 Å². The number of nitrogens with zero attached hydrogens (tertiary/aromatic N) is 2. The molecule has 2 rings (SSSR count). The van der Waals surface area contributed by atoms with Crippen LogP contribution in [0.2, 0.25) is 0 Å². The third-order valence-corrected chi connectivity index (χ3v) is 2.68. The molecule has 0 fully saturated rings. The highest BCUT2D eigenvalue weighted by atomic mass is 16.1. The molecule has 0 unspecified atom stereocenters. The molecular weight excluding hydrogens is 226 g/mol. The van der Waals surface area contributed by atoms with Crippen molar-refractivity contribution in [1.29, 1.82) is 0 Å². The van der Waals surface area contributed by atoms with Crippen LogP contribution in [0.5, 0.6) is 0 Å². The second-order valence-electron chi connectivity index (χ2n) is 4.21. The molecule has 92 valence electrons. The van der Waals surface area contributed by atoms with Crippen LogP contribution in [0.15, 0.2) is 42.5 Å². The molecule has 18 heavy (non-hydrogen) atoms. The molecule has 0 atom stereocenters. The van der Waals surface area contributed by atoms with Gasteiger partial charge < -0.3 is 10.6 Å². The first-order chi connectivity index (χ1) is 8.58. The Morgan fingerprint density at radius 2 is 1.78 bits per heavy atom. The van der Waals surface area contributed by atoms with Gasteiger partial charge in [0.05, 0.1) is 5.69 Å². The van der Waals surface area contributed by atoms with Gasteiger partial charge in [0.15, 0.2) is 0 Å². The number of primary amides is 1. The normalized spacial score (nSPS) is 10.1. The minimum absolute atomic E-state index is 0.282. The number of rotatable bonds is 3. The lowest BCUT2D eigenvalue weighted by molar-refractivity contribution is 0.0995. The van der Waals surface area contributed by atoms with Crippen molar-refractivity contribution >= 4 is 11.6 Å². The van der Waals surface area contributed by atoms with Gasteiger partial charge in [-0.3, -0.25) is 4.79 Å². The fourth-order valence-corrected chi connectivity index (χ4v) is 1.66. The smallest absolute Gasteiger partial charge is 0.267 e. The van der Waals surface area contributed by atoms with Crippen LogP contribution >= 0.6 is 0 Å². The van der Waals surface area contributed by atoms with E-state index in [1.165, 1.54) is 0 Å². The molecule has 4 heteroatoms. The van der Waals surface area contributed by atoms with E-state index in [-0.39, 0.29) is 5.69 Å². The highest BCUT2D eigenvalue weighted by Gasteiger charge is 2.05. The van der Waals surface area contributed by atoms with Crippen molar-refractivity contribution < 1.29 is 4.79 Å². The Balaban J connectivity index is 2.36. The van der Waals surface area contributed by atoms with E-state index in [0.29, 0.717) is 0 Å². The number of hydrogen-bond donors (Lipinski definition) is 1. The Labute approximate surface area is 106 Å². The number of hydrogen-bond acceptors (Lipinski definition) is 3. The average molecular weight is 241 g/mol. The maximum absolute atomic E-state index is 11.1. The number of pyridine rings is 1. The Bertz CT molecular complexity index is 562. The van der Waals surface area contributed by atoms with Crippen molar-refractivity contribution in [2.75, 3.05) is 19.0 Å². The molecule has 1 amide bonds. The van der Waals surface area contributed by atoms with Crippen LogP contribution in [-0.4, -0.2) is 25.0 Å². The summed E-state index contributed by atoms with van der Waals surface area (Å²) in [4.78, 5) is 17.3. The summed E-state index contributed by atoms with van der Waals surface area (Å²) < 4.78 is 0. The van der Waals surface area contributed by atoms with Gasteiger partial charge in [0.1, 0.15) is 5.69 Å². The first kappa shape index (κ1) is 12.1. The van der Waals surface area contributed by atoms with Gasteiger partial charge in [-0.2, -0.15) is 0 Å². The van der Waals surface area contributed by atoms with Crippen LogP contribution in [0, 0.1) is 0 Å². The molecule has 2 N–H and O–H groups in total. The number of amides is 1. The molecule has 0 aliphatic carbocycles. The molecule has 0 saturated carbocycles. The Morgan fingerprint density at radius 1 is 1.11 bits per heavy atom. The van der Waals surface area contributed by atoms with E-state index < -0.39 is 5.91 Å². The van der Waals surface area contributed by atoms with Crippen LogP contribution in [0.4, 0.5) is 5.69 Å². The zero-order valence-electron chi connectivity index (χ0n) is 10.4. The van der Waals surface area contributed by atoms with Gasteiger partial charge in [0.2, 0.25) is 0 Å². The summed E-state index contributed by atoms with van der Waals surface area (Å²) in [6.45, 7) is 0. The molecule has 2 aromatic rings. The van der Waals surface area contributed by atoms with E-state index in [0.717, 1.165) is 16.9 Å². The summed E-state index contributed by atoms with van der Waals surface area (Å²) in [5.74, 6) is -0.512. The Morgan fingerprint density at radius 3 is 2.33 bits per heavy atom. The first-order valence-electron chi connectivity index (χ1n) is 5.62. The molecule has 1 aromatic heterocycles. The monoisotopic (exact) mass is 241 g/mol. The Kier molecular flexibility index (Phi) is 3.28. The summed E-state index contributed by atoms with van der Waals surface area (Å²) in [5, 5.41) is 0. The zero-order chi connectivity index (χ0) is 13.1. The second-order valence-corrected chi connectivity index (χ2v) is 4.21. The van der Waals surface area contributed by atoms with E-state index in [1.807, 2.05) is 49.3 Å². The predicted molar refractivity (Wildman–Crippen MR) is 72.5 cm³/mol. The molecule has 1 aromatic carbocycles. The SMILES string of the molecule is CN(C)c1ccc(-c2cccc(C(N)=O)n2)cc1. The quantitative estimate of drug-likeness (QED) is 0.893. The molecule has 0 radical (unpaired) electrons. The molecule has 0 aliphatic heterocycles. The average Bonchev–Trinajstić information content (AvgIpc) is 2.39. The lowest BCUT2D eigenvalue weighted by Crippen LogP contribution is -2.13. The number of benzene rings is 1. The maximum atomic E-state index is 11.1. The van der Waals surface area contributed by atoms with E-state index in [1.54, 1.807) is 12.1 Å². The Hall–Kier alpha value is -2.36. The standard InChI is InChI=1S/C14H15N3O/c1-17(2)11-8-6-10(7-9-11)12-4-3-5-13(16-12)14(15)18/h3-9H,1-2H3,(H2,15,18). The summed E-state index contributed by atoms with van der Waals surface area (Å²) in [6.07, 6.45) is 0. The van der Waals surface area contributed by atoms with Crippen LogP contribution in [-0.2, 0) is 0 Å². The van der Waals surface area contributed by atoms with Crippen molar-refractivity contribution in [2.45, 2.75) is 0 Å². The van der Waals surface area contributed by atoms with Gasteiger partial charge in [-0.1, -0.05) is 18.2 Å². The maximum Gasteiger partial charge on any atom is 0.267 e. The minimum Gasteiger partial charge on any atom is -0.378 e. The van der Waals surface area contributed by atoms with Crippen molar-refractivity contribution in [3.8, 4) is 11.3 Å². The topological polar surface area (TPSA) is 59.2 Å². The highest BCUT2D eigenvalue weighted by Crippen LogP contribution is 2.20. The first-order valence-corrected chi connectivity index (χ1v) is 5.62. The van der Waals surface area contributed by atoms with Crippen LogP contribution in [0.25, 0.3) is 11.3 Å². The zero-order valence-corrected chi connectivity index (χ0v) is 10.4. The van der Waals surface area contributed by atoms with Crippen LogP contribution in [0.1, 0.15) is 10.5 Å². The van der Waals surface area contributed by atoms with Crippen LogP contribution in [0.3, 0.4) is 0 Å².